The number of nitrogens with zero attached hydrogens (tertiary/aromatic N) is 1. The Morgan fingerprint density at radius 2 is 1.49 bits per heavy atom. The number of hydrogen-bond acceptors (Lipinski definition) is 6. The number of unbranched alkanes of at least 4 members (excludes halogenated alkanes) is 9. The lowest BCUT2D eigenvalue weighted by atomic mass is 9.47. The summed E-state index contributed by atoms with van der Waals surface area (Å²) in [6.45, 7) is 18.7. The average molecular weight is 876 g/mol. The Labute approximate surface area is 388 Å². The first-order chi connectivity index (χ1) is 30.5. The summed E-state index contributed by atoms with van der Waals surface area (Å²) < 4.78 is 18.2. The number of carbonyl (C=O) groups is 2. The maximum absolute atomic E-state index is 13.2. The van der Waals surface area contributed by atoms with E-state index < -0.39 is 0 Å². The topological polar surface area (TPSA) is 65.1 Å². The van der Waals surface area contributed by atoms with Crippen LogP contribution in [0.15, 0.2) is 36.0 Å². The van der Waals surface area contributed by atoms with Crippen molar-refractivity contribution in [2.45, 2.75) is 234 Å². The number of hydrogen-bond donors (Lipinski definition) is 0. The van der Waals surface area contributed by atoms with Crippen LogP contribution in [0.3, 0.4) is 0 Å². The molecule has 0 aromatic rings. The molecule has 0 aromatic carbocycles. The molecule has 0 N–H and O–H groups in total. The molecule has 1 aliphatic heterocycles. The van der Waals surface area contributed by atoms with E-state index in [9.17, 15) is 9.59 Å². The number of allylic oxidation sites excluding steroid dienone is 5. The van der Waals surface area contributed by atoms with Gasteiger partial charge in [-0.15, -0.1) is 0 Å². The summed E-state index contributed by atoms with van der Waals surface area (Å²) in [5.74, 6) is 4.36. The molecule has 5 rings (SSSR count). The van der Waals surface area contributed by atoms with Gasteiger partial charge in [-0.2, -0.15) is 0 Å². The summed E-state index contributed by atoms with van der Waals surface area (Å²) in [7, 11) is 0. The minimum absolute atomic E-state index is 0.0652. The second-order valence-electron chi connectivity index (χ2n) is 22.3. The smallest absolute Gasteiger partial charge is 0.306 e. The van der Waals surface area contributed by atoms with Crippen LogP contribution < -0.4 is 0 Å². The summed E-state index contributed by atoms with van der Waals surface area (Å²) in [5.41, 5.74) is 2.27. The van der Waals surface area contributed by atoms with Gasteiger partial charge in [0.25, 0.3) is 0 Å². The standard InChI is InChI=1S/C57H97NO5/c1-7-8-9-10-11-12-13-14-15-16-17-18-19-20-21-25-41-61-44-49(43-58-39-23-22-24-40-58)63-55(60)34-33-54(59)62-48-35-37-56(5)47(42-48)29-30-50-52-32-31-51(46(4)28-26-27-45(2)3)57(52,6)38-36-53(50)56/h11-12,14-15,29,45-46,48-53H,7-10,13,16-28,30-44H2,1-6H3/t46-,48+,49?,50?,51-,52?,53?,56+,57-/m1/s1. The Hall–Kier alpha value is -1.92. The molecule has 9 atom stereocenters. The number of carbonyl (C=O) groups excluding carboxylic acids is 2. The Kier molecular flexibility index (Phi) is 22.9. The molecule has 1 saturated heterocycles. The highest BCUT2D eigenvalue weighted by Gasteiger charge is 2.59. The van der Waals surface area contributed by atoms with E-state index in [-0.39, 0.29) is 42.4 Å². The van der Waals surface area contributed by atoms with Gasteiger partial charge in [0.05, 0.1) is 19.4 Å². The van der Waals surface area contributed by atoms with Gasteiger partial charge in [0.1, 0.15) is 12.2 Å². The third-order valence-corrected chi connectivity index (χ3v) is 17.1. The Bertz CT molecular complexity index is 1410. The Morgan fingerprint density at radius 3 is 2.24 bits per heavy atom. The molecule has 6 heteroatoms. The van der Waals surface area contributed by atoms with E-state index in [2.05, 4.69) is 76.8 Å². The summed E-state index contributed by atoms with van der Waals surface area (Å²) in [6, 6.07) is 0. The van der Waals surface area contributed by atoms with Crippen molar-refractivity contribution in [3.8, 4) is 0 Å². The van der Waals surface area contributed by atoms with E-state index in [1.807, 2.05) is 0 Å². The van der Waals surface area contributed by atoms with Crippen LogP contribution in [0.25, 0.3) is 0 Å². The maximum atomic E-state index is 13.2. The van der Waals surface area contributed by atoms with Crippen molar-refractivity contribution >= 4 is 11.9 Å². The highest BCUT2D eigenvalue weighted by Crippen LogP contribution is 2.67. The Balaban J connectivity index is 0.971. The third kappa shape index (κ3) is 16.4. The van der Waals surface area contributed by atoms with Crippen molar-refractivity contribution < 1.29 is 23.8 Å². The van der Waals surface area contributed by atoms with Gasteiger partial charge >= 0.3 is 11.9 Å². The van der Waals surface area contributed by atoms with E-state index in [0.29, 0.717) is 25.2 Å². The zero-order chi connectivity index (χ0) is 44.9. The quantitative estimate of drug-likeness (QED) is 0.0424. The number of piperidine rings is 1. The van der Waals surface area contributed by atoms with Crippen molar-refractivity contribution in [2.75, 3.05) is 32.8 Å². The number of likely N-dealkylation sites (tertiary alicyclic amines) is 1. The molecule has 0 spiro atoms. The minimum atomic E-state index is -0.313. The van der Waals surface area contributed by atoms with Crippen molar-refractivity contribution in [3.05, 3.63) is 36.0 Å². The van der Waals surface area contributed by atoms with E-state index >= 15 is 0 Å². The van der Waals surface area contributed by atoms with Crippen LogP contribution in [0, 0.1) is 46.3 Å². The highest BCUT2D eigenvalue weighted by molar-refractivity contribution is 5.77. The fourth-order valence-electron chi connectivity index (χ4n) is 13.4. The van der Waals surface area contributed by atoms with Crippen molar-refractivity contribution in [1.29, 1.82) is 0 Å². The third-order valence-electron chi connectivity index (χ3n) is 17.1. The predicted molar refractivity (Wildman–Crippen MR) is 263 cm³/mol. The second kappa shape index (κ2) is 27.7. The van der Waals surface area contributed by atoms with Gasteiger partial charge in [-0.3, -0.25) is 14.5 Å². The van der Waals surface area contributed by atoms with Gasteiger partial charge in [-0.05, 0) is 156 Å². The largest absolute Gasteiger partial charge is 0.462 e. The van der Waals surface area contributed by atoms with E-state index in [1.165, 1.54) is 135 Å². The molecule has 0 bridgehead atoms. The fraction of sp³-hybridized carbons (Fsp3) is 0.860. The Morgan fingerprint density at radius 1 is 0.778 bits per heavy atom. The molecule has 4 fully saturated rings. The first-order valence-electron chi connectivity index (χ1n) is 27.2. The maximum Gasteiger partial charge on any atom is 0.306 e. The van der Waals surface area contributed by atoms with Crippen LogP contribution in [0.4, 0.5) is 0 Å². The van der Waals surface area contributed by atoms with Crippen molar-refractivity contribution in [3.63, 3.8) is 0 Å². The monoisotopic (exact) mass is 876 g/mol. The normalized spacial score (nSPS) is 29.6. The molecular formula is C57H97NO5. The number of ether oxygens (including phenoxy) is 3. The van der Waals surface area contributed by atoms with Gasteiger partial charge in [0.2, 0.25) is 0 Å². The van der Waals surface area contributed by atoms with Crippen LogP contribution in [0.5, 0.6) is 0 Å². The fourth-order valence-corrected chi connectivity index (χ4v) is 13.4. The molecule has 3 saturated carbocycles. The molecule has 0 aromatic heterocycles. The lowest BCUT2D eigenvalue weighted by Gasteiger charge is -2.58. The summed E-state index contributed by atoms with van der Waals surface area (Å²) in [4.78, 5) is 28.8. The summed E-state index contributed by atoms with van der Waals surface area (Å²) in [6.07, 6.45) is 43.8. The number of esters is 2. The van der Waals surface area contributed by atoms with Crippen molar-refractivity contribution in [2.24, 2.45) is 46.3 Å². The van der Waals surface area contributed by atoms with Crippen LogP contribution in [-0.2, 0) is 23.8 Å². The van der Waals surface area contributed by atoms with E-state index in [0.717, 1.165) is 80.7 Å². The predicted octanol–water partition coefficient (Wildman–Crippen LogP) is 14.9. The van der Waals surface area contributed by atoms with Gasteiger partial charge in [-0.1, -0.05) is 142 Å². The van der Waals surface area contributed by atoms with Gasteiger partial charge in [0, 0.05) is 19.6 Å². The van der Waals surface area contributed by atoms with Crippen molar-refractivity contribution in [1.82, 2.24) is 4.90 Å². The molecule has 0 amide bonds. The van der Waals surface area contributed by atoms with Crippen LogP contribution in [-0.4, -0.2) is 61.9 Å². The molecule has 63 heavy (non-hydrogen) atoms. The first-order valence-corrected chi connectivity index (χ1v) is 27.2. The molecule has 4 aliphatic carbocycles. The zero-order valence-electron chi connectivity index (χ0n) is 41.8. The summed E-state index contributed by atoms with van der Waals surface area (Å²) in [5, 5.41) is 0. The van der Waals surface area contributed by atoms with Gasteiger partial charge in [-0.25, -0.2) is 0 Å². The second-order valence-corrected chi connectivity index (χ2v) is 22.3. The average Bonchev–Trinajstić information content (AvgIpc) is 3.63. The number of rotatable bonds is 29. The van der Waals surface area contributed by atoms with Gasteiger partial charge in [0.15, 0.2) is 0 Å². The van der Waals surface area contributed by atoms with E-state index in [1.54, 1.807) is 5.57 Å². The molecule has 0 radical (unpaired) electrons. The SMILES string of the molecule is CCCCCC=CCC=CCCCCCCCCOCC(CN1CCCCC1)OC(=O)CCC(=O)O[C@H]1CC[C@@]2(C)C(=CCC3C2CC[C@@]2(C)C3CC[C@@H]2[C@H](C)CCCC(C)C)C1. The molecule has 1 heterocycles. The number of fused-ring (bicyclic) bond motifs is 5. The summed E-state index contributed by atoms with van der Waals surface area (Å²) >= 11 is 0. The molecule has 4 unspecified atom stereocenters. The zero-order valence-corrected chi connectivity index (χ0v) is 41.8. The highest BCUT2D eigenvalue weighted by atomic mass is 16.6. The van der Waals surface area contributed by atoms with Crippen LogP contribution in [0.2, 0.25) is 0 Å². The molecular weight excluding hydrogens is 779 g/mol. The molecule has 360 valence electrons. The van der Waals surface area contributed by atoms with Crippen LogP contribution in [0.1, 0.15) is 221 Å². The van der Waals surface area contributed by atoms with E-state index in [4.69, 9.17) is 14.2 Å². The van der Waals surface area contributed by atoms with Gasteiger partial charge < -0.3 is 14.2 Å². The van der Waals surface area contributed by atoms with Crippen LogP contribution >= 0.6 is 0 Å². The molecule has 5 aliphatic rings. The lowest BCUT2D eigenvalue weighted by Crippen LogP contribution is -2.51. The first kappa shape index (κ1) is 52.1. The minimum Gasteiger partial charge on any atom is -0.462 e. The molecule has 6 nitrogen and oxygen atoms in total. The lowest BCUT2D eigenvalue weighted by molar-refractivity contribution is -0.159.